The largest absolute Gasteiger partial charge is 0.467 e. The Balaban J connectivity index is 1.54. The molecule has 0 radical (unpaired) electrons. The summed E-state index contributed by atoms with van der Waals surface area (Å²) in [5.41, 5.74) is 2.58. The van der Waals surface area contributed by atoms with Gasteiger partial charge in [-0.05, 0) is 42.3 Å². The van der Waals surface area contributed by atoms with Gasteiger partial charge >= 0.3 is 18.0 Å². The normalized spacial score (nSPS) is 15.4. The van der Waals surface area contributed by atoms with Gasteiger partial charge in [0.25, 0.3) is 0 Å². The molecule has 0 unspecified atom stereocenters. The van der Waals surface area contributed by atoms with Crippen molar-refractivity contribution >= 4 is 18.0 Å². The number of benzene rings is 2. The molecule has 0 aliphatic carbocycles. The van der Waals surface area contributed by atoms with E-state index in [1.54, 1.807) is 31.2 Å². The topological polar surface area (TPSA) is 107 Å². The fourth-order valence-corrected chi connectivity index (χ4v) is 3.50. The highest BCUT2D eigenvalue weighted by Gasteiger charge is 2.35. The molecular formula is C25H22N2O6. The molecule has 0 saturated heterocycles. The van der Waals surface area contributed by atoms with E-state index in [4.69, 9.17) is 13.9 Å². The SMILES string of the molecule is CCOC(=O)C1=C(COC(=O)c2ccc(-c3ccccc3)cc2)NC(=O)N[C@H]1c1ccco1. The molecule has 1 aliphatic heterocycles. The quantitative estimate of drug-likeness (QED) is 0.532. The van der Waals surface area contributed by atoms with Crippen molar-refractivity contribution in [1.29, 1.82) is 0 Å². The van der Waals surface area contributed by atoms with Crippen LogP contribution in [0.15, 0.2) is 88.7 Å². The molecule has 2 heterocycles. The van der Waals surface area contributed by atoms with Crippen molar-refractivity contribution in [2.45, 2.75) is 13.0 Å². The lowest BCUT2D eigenvalue weighted by Gasteiger charge is -2.27. The molecule has 8 heteroatoms. The van der Waals surface area contributed by atoms with E-state index in [-0.39, 0.29) is 24.5 Å². The first-order chi connectivity index (χ1) is 16.1. The lowest BCUT2D eigenvalue weighted by Crippen LogP contribution is -2.47. The molecular weight excluding hydrogens is 424 g/mol. The maximum atomic E-state index is 12.7. The second-order valence-electron chi connectivity index (χ2n) is 7.18. The van der Waals surface area contributed by atoms with Crippen LogP contribution in [0.2, 0.25) is 0 Å². The van der Waals surface area contributed by atoms with Crippen LogP contribution in [0, 0.1) is 0 Å². The number of hydrogen-bond donors (Lipinski definition) is 2. The molecule has 0 saturated carbocycles. The summed E-state index contributed by atoms with van der Waals surface area (Å²) in [7, 11) is 0. The van der Waals surface area contributed by atoms with Crippen molar-refractivity contribution in [1.82, 2.24) is 10.6 Å². The van der Waals surface area contributed by atoms with Gasteiger partial charge in [-0.15, -0.1) is 0 Å². The lowest BCUT2D eigenvalue weighted by atomic mass is 10.0. The Kier molecular flexibility index (Phi) is 6.54. The standard InChI is InChI=1S/C25H22N2O6/c1-2-31-24(29)21-19(26-25(30)27-22(21)20-9-6-14-32-20)15-33-23(28)18-12-10-17(11-13-18)16-7-4-3-5-8-16/h3-14,22H,2,15H2,1H3,(H2,26,27,30)/t22-/m0/s1. The zero-order valence-corrected chi connectivity index (χ0v) is 17.9. The van der Waals surface area contributed by atoms with Crippen LogP contribution in [0.4, 0.5) is 4.79 Å². The molecule has 1 aliphatic rings. The Hall–Kier alpha value is -4.33. The Labute approximate surface area is 190 Å². The first-order valence-electron chi connectivity index (χ1n) is 10.4. The van der Waals surface area contributed by atoms with E-state index in [0.29, 0.717) is 11.3 Å². The number of furan rings is 1. The summed E-state index contributed by atoms with van der Waals surface area (Å²) in [6.45, 7) is 1.49. The molecule has 8 nitrogen and oxygen atoms in total. The molecule has 2 aromatic carbocycles. The van der Waals surface area contributed by atoms with Crippen molar-refractivity contribution < 1.29 is 28.3 Å². The monoisotopic (exact) mass is 446 g/mol. The number of rotatable bonds is 7. The van der Waals surface area contributed by atoms with Gasteiger partial charge in [-0.2, -0.15) is 0 Å². The van der Waals surface area contributed by atoms with Crippen LogP contribution in [0.5, 0.6) is 0 Å². The molecule has 0 bridgehead atoms. The van der Waals surface area contributed by atoms with Crippen molar-refractivity contribution in [3.8, 4) is 11.1 Å². The molecule has 1 aromatic heterocycles. The highest BCUT2D eigenvalue weighted by molar-refractivity contribution is 5.95. The molecule has 33 heavy (non-hydrogen) atoms. The van der Waals surface area contributed by atoms with Gasteiger partial charge in [-0.1, -0.05) is 42.5 Å². The average Bonchev–Trinajstić information content (AvgIpc) is 3.38. The molecule has 0 spiro atoms. The third kappa shape index (κ3) is 4.95. The zero-order valence-electron chi connectivity index (χ0n) is 17.9. The van der Waals surface area contributed by atoms with Crippen LogP contribution in [-0.4, -0.2) is 31.2 Å². The number of carbonyl (C=O) groups excluding carboxylic acids is 3. The van der Waals surface area contributed by atoms with Crippen LogP contribution in [0.3, 0.4) is 0 Å². The minimum atomic E-state index is -0.869. The van der Waals surface area contributed by atoms with Gasteiger partial charge in [0.05, 0.1) is 29.7 Å². The number of hydrogen-bond acceptors (Lipinski definition) is 6. The van der Waals surface area contributed by atoms with Crippen molar-refractivity contribution in [2.75, 3.05) is 13.2 Å². The molecule has 4 rings (SSSR count). The Morgan fingerprint density at radius 1 is 0.909 bits per heavy atom. The fourth-order valence-electron chi connectivity index (χ4n) is 3.50. The molecule has 0 fully saturated rings. The van der Waals surface area contributed by atoms with Crippen LogP contribution in [0.25, 0.3) is 11.1 Å². The molecule has 1 atom stereocenters. The van der Waals surface area contributed by atoms with Crippen LogP contribution < -0.4 is 10.6 Å². The summed E-state index contributed by atoms with van der Waals surface area (Å²) in [6.07, 6.45) is 1.44. The zero-order chi connectivity index (χ0) is 23.2. The first kappa shape index (κ1) is 21.9. The summed E-state index contributed by atoms with van der Waals surface area (Å²) >= 11 is 0. The van der Waals surface area contributed by atoms with E-state index >= 15 is 0 Å². The van der Waals surface area contributed by atoms with Gasteiger partial charge in [0, 0.05) is 0 Å². The number of nitrogens with one attached hydrogen (secondary N) is 2. The Morgan fingerprint density at radius 3 is 2.30 bits per heavy atom. The second-order valence-corrected chi connectivity index (χ2v) is 7.18. The number of carbonyl (C=O) groups is 3. The summed E-state index contributed by atoms with van der Waals surface area (Å²) in [6, 6.07) is 18.6. The highest BCUT2D eigenvalue weighted by Crippen LogP contribution is 2.28. The molecule has 2 N–H and O–H groups in total. The van der Waals surface area contributed by atoms with Crippen molar-refractivity contribution in [3.05, 3.63) is 95.6 Å². The van der Waals surface area contributed by atoms with Gasteiger partial charge < -0.3 is 24.5 Å². The summed E-state index contributed by atoms with van der Waals surface area (Å²) in [4.78, 5) is 37.5. The van der Waals surface area contributed by atoms with E-state index in [9.17, 15) is 14.4 Å². The first-order valence-corrected chi connectivity index (χ1v) is 10.4. The van der Waals surface area contributed by atoms with Crippen LogP contribution >= 0.6 is 0 Å². The van der Waals surface area contributed by atoms with Crippen LogP contribution in [0.1, 0.15) is 29.1 Å². The Bertz CT molecular complexity index is 1170. The van der Waals surface area contributed by atoms with E-state index in [0.717, 1.165) is 11.1 Å². The predicted molar refractivity (Wildman–Crippen MR) is 119 cm³/mol. The average molecular weight is 446 g/mol. The van der Waals surface area contributed by atoms with E-state index in [1.165, 1.54) is 6.26 Å². The minimum Gasteiger partial charge on any atom is -0.467 e. The summed E-state index contributed by atoms with van der Waals surface area (Å²) in [5.74, 6) is -0.884. The minimum absolute atomic E-state index is 0.110. The molecule has 2 amide bonds. The maximum absolute atomic E-state index is 12.7. The van der Waals surface area contributed by atoms with Gasteiger partial charge in [0.15, 0.2) is 0 Å². The number of esters is 2. The maximum Gasteiger partial charge on any atom is 0.338 e. The van der Waals surface area contributed by atoms with Crippen molar-refractivity contribution in [3.63, 3.8) is 0 Å². The Morgan fingerprint density at radius 2 is 1.64 bits per heavy atom. The number of amides is 2. The smallest absolute Gasteiger partial charge is 0.338 e. The highest BCUT2D eigenvalue weighted by atomic mass is 16.5. The number of urea groups is 1. The molecule has 3 aromatic rings. The third-order valence-corrected chi connectivity index (χ3v) is 5.05. The fraction of sp³-hybridized carbons (Fsp3) is 0.160. The summed E-state index contributed by atoms with van der Waals surface area (Å²) < 4.78 is 15.9. The van der Waals surface area contributed by atoms with Gasteiger partial charge in [0.1, 0.15) is 18.4 Å². The molecule has 168 valence electrons. The van der Waals surface area contributed by atoms with Gasteiger partial charge in [-0.3, -0.25) is 0 Å². The second kappa shape index (κ2) is 9.86. The third-order valence-electron chi connectivity index (χ3n) is 5.05. The van der Waals surface area contributed by atoms with Crippen molar-refractivity contribution in [2.24, 2.45) is 0 Å². The lowest BCUT2D eigenvalue weighted by molar-refractivity contribution is -0.139. The van der Waals surface area contributed by atoms with E-state index < -0.39 is 24.0 Å². The van der Waals surface area contributed by atoms with Crippen LogP contribution in [-0.2, 0) is 14.3 Å². The van der Waals surface area contributed by atoms with Gasteiger partial charge in [0.2, 0.25) is 0 Å². The number of ether oxygens (including phenoxy) is 2. The van der Waals surface area contributed by atoms with E-state index in [1.807, 2.05) is 42.5 Å². The van der Waals surface area contributed by atoms with E-state index in [2.05, 4.69) is 10.6 Å². The predicted octanol–water partition coefficient (Wildman–Crippen LogP) is 3.97. The summed E-state index contributed by atoms with van der Waals surface area (Å²) in [5, 5.41) is 5.18. The van der Waals surface area contributed by atoms with Gasteiger partial charge in [-0.25, -0.2) is 14.4 Å².